The van der Waals surface area contributed by atoms with Gasteiger partial charge < -0.3 is 0 Å². The quantitative estimate of drug-likeness (QED) is 0.639. The van der Waals surface area contributed by atoms with Gasteiger partial charge in [-0.25, -0.2) is 0 Å². The number of hydrogen-bond donors (Lipinski definition) is 0. The fourth-order valence-corrected chi connectivity index (χ4v) is 1.85. The van der Waals surface area contributed by atoms with Crippen LogP contribution in [-0.2, 0) is 0 Å². The standard InChI is InChI=1S/C12H14O/c1-8-7-11(8)10-5-3-4-6-12(13)9(10)2/h3-6,8,11H,7H2,1-2H3/t8-,11?/m1/s1. The first-order valence-electron chi connectivity index (χ1n) is 4.80. The van der Waals surface area contributed by atoms with Crippen LogP contribution in [0.25, 0.3) is 0 Å². The lowest BCUT2D eigenvalue weighted by Gasteiger charge is -1.97. The largest absolute Gasteiger partial charge is 0.290 e. The van der Waals surface area contributed by atoms with Gasteiger partial charge in [-0.1, -0.05) is 25.1 Å². The first-order chi connectivity index (χ1) is 6.20. The fourth-order valence-electron chi connectivity index (χ4n) is 1.85. The lowest BCUT2D eigenvalue weighted by molar-refractivity contribution is 0.908. The van der Waals surface area contributed by atoms with Crippen molar-refractivity contribution in [1.29, 1.82) is 0 Å². The summed E-state index contributed by atoms with van der Waals surface area (Å²) in [4.78, 5) is 11.5. The van der Waals surface area contributed by atoms with E-state index in [1.165, 1.54) is 12.0 Å². The average Bonchev–Trinajstić information content (AvgIpc) is 2.82. The van der Waals surface area contributed by atoms with Crippen LogP contribution in [0.1, 0.15) is 30.4 Å². The summed E-state index contributed by atoms with van der Waals surface area (Å²) in [5.74, 6) is 1.40. The van der Waals surface area contributed by atoms with Crippen LogP contribution in [0, 0.1) is 12.8 Å². The molecule has 0 aliphatic heterocycles. The molecule has 0 radical (unpaired) electrons. The topological polar surface area (TPSA) is 17.1 Å². The van der Waals surface area contributed by atoms with Gasteiger partial charge in [0.25, 0.3) is 0 Å². The van der Waals surface area contributed by atoms with Crippen LogP contribution in [0.3, 0.4) is 0 Å². The highest BCUT2D eigenvalue weighted by molar-refractivity contribution is 5.32. The zero-order valence-electron chi connectivity index (χ0n) is 8.08. The molecule has 1 aromatic carbocycles. The van der Waals surface area contributed by atoms with Crippen LogP contribution >= 0.6 is 0 Å². The Labute approximate surface area is 78.4 Å². The van der Waals surface area contributed by atoms with Crippen molar-refractivity contribution in [3.8, 4) is 0 Å². The second-order valence-corrected chi connectivity index (χ2v) is 3.98. The molecule has 2 atom stereocenters. The molecular weight excluding hydrogens is 160 g/mol. The Kier molecular flexibility index (Phi) is 1.95. The number of rotatable bonds is 1. The maximum atomic E-state index is 11.5. The Morgan fingerprint density at radius 3 is 2.54 bits per heavy atom. The van der Waals surface area contributed by atoms with Gasteiger partial charge in [-0.05, 0) is 42.4 Å². The minimum Gasteiger partial charge on any atom is -0.290 e. The summed E-state index contributed by atoms with van der Waals surface area (Å²) in [6.45, 7) is 4.17. The van der Waals surface area contributed by atoms with E-state index in [4.69, 9.17) is 0 Å². The Balaban J connectivity index is 2.53. The van der Waals surface area contributed by atoms with Crippen LogP contribution in [0.4, 0.5) is 0 Å². The maximum Gasteiger partial charge on any atom is 0.181 e. The Hall–Kier alpha value is -1.11. The lowest BCUT2D eigenvalue weighted by atomic mass is 10.1. The first kappa shape index (κ1) is 8.49. The minimum atomic E-state index is 0.166. The molecule has 1 heteroatoms. The first-order valence-corrected chi connectivity index (χ1v) is 4.80. The summed E-state index contributed by atoms with van der Waals surface area (Å²) in [5, 5.41) is 0. The van der Waals surface area contributed by atoms with Crippen molar-refractivity contribution in [1.82, 2.24) is 0 Å². The molecule has 1 aromatic rings. The van der Waals surface area contributed by atoms with E-state index < -0.39 is 0 Å². The molecule has 1 aliphatic carbocycles. The van der Waals surface area contributed by atoms with Gasteiger partial charge in [0.1, 0.15) is 0 Å². The lowest BCUT2D eigenvalue weighted by Crippen LogP contribution is -2.02. The van der Waals surface area contributed by atoms with E-state index in [1.807, 2.05) is 19.1 Å². The molecule has 1 aliphatic rings. The summed E-state index contributed by atoms with van der Waals surface area (Å²) in [7, 11) is 0. The average molecular weight is 174 g/mol. The minimum absolute atomic E-state index is 0.166. The molecule has 0 N–H and O–H groups in total. The highest BCUT2D eigenvalue weighted by Gasteiger charge is 2.34. The molecule has 2 rings (SSSR count). The van der Waals surface area contributed by atoms with Gasteiger partial charge >= 0.3 is 0 Å². The Morgan fingerprint density at radius 1 is 1.31 bits per heavy atom. The summed E-state index contributed by atoms with van der Waals surface area (Å²) >= 11 is 0. The highest BCUT2D eigenvalue weighted by Crippen LogP contribution is 2.47. The van der Waals surface area contributed by atoms with Crippen LogP contribution in [0.2, 0.25) is 0 Å². The second-order valence-electron chi connectivity index (χ2n) is 3.98. The van der Waals surface area contributed by atoms with Crippen LogP contribution in [-0.4, -0.2) is 0 Å². The van der Waals surface area contributed by atoms with Crippen LogP contribution in [0.5, 0.6) is 0 Å². The highest BCUT2D eigenvalue weighted by atomic mass is 16.1. The summed E-state index contributed by atoms with van der Waals surface area (Å²) in [6, 6.07) is 7.53. The zero-order chi connectivity index (χ0) is 9.42. The molecule has 0 aromatic heterocycles. The van der Waals surface area contributed by atoms with E-state index in [0.717, 1.165) is 11.5 Å². The fraction of sp³-hybridized carbons (Fsp3) is 0.417. The predicted molar refractivity (Wildman–Crippen MR) is 54.0 cm³/mol. The number of hydrogen-bond acceptors (Lipinski definition) is 1. The van der Waals surface area contributed by atoms with Crippen molar-refractivity contribution >= 4 is 0 Å². The van der Waals surface area contributed by atoms with Gasteiger partial charge in [0.15, 0.2) is 5.43 Å². The van der Waals surface area contributed by atoms with Gasteiger partial charge in [0.2, 0.25) is 0 Å². The normalized spacial score (nSPS) is 25.7. The van der Waals surface area contributed by atoms with E-state index >= 15 is 0 Å². The molecule has 0 amide bonds. The van der Waals surface area contributed by atoms with Gasteiger partial charge in [0.05, 0.1) is 0 Å². The third-order valence-electron chi connectivity index (χ3n) is 2.95. The van der Waals surface area contributed by atoms with Gasteiger partial charge in [-0.15, -0.1) is 0 Å². The van der Waals surface area contributed by atoms with E-state index in [-0.39, 0.29) is 5.43 Å². The van der Waals surface area contributed by atoms with Gasteiger partial charge in [0, 0.05) is 0 Å². The third-order valence-corrected chi connectivity index (χ3v) is 2.95. The maximum absolute atomic E-state index is 11.5. The van der Waals surface area contributed by atoms with Crippen LogP contribution in [0.15, 0.2) is 29.1 Å². The Morgan fingerprint density at radius 2 is 1.92 bits per heavy atom. The third kappa shape index (κ3) is 1.51. The van der Waals surface area contributed by atoms with E-state index in [2.05, 4.69) is 13.0 Å². The summed E-state index contributed by atoms with van der Waals surface area (Å²) in [5.41, 5.74) is 2.35. The monoisotopic (exact) mass is 174 g/mol. The molecule has 0 saturated heterocycles. The van der Waals surface area contributed by atoms with Crippen molar-refractivity contribution < 1.29 is 0 Å². The molecule has 1 unspecified atom stereocenters. The second kappa shape index (κ2) is 2.99. The van der Waals surface area contributed by atoms with Crippen molar-refractivity contribution in [2.75, 3.05) is 0 Å². The molecule has 1 fully saturated rings. The molecule has 68 valence electrons. The van der Waals surface area contributed by atoms with Crippen molar-refractivity contribution in [2.24, 2.45) is 5.92 Å². The predicted octanol–water partition coefficient (Wildman–Crippen LogP) is 2.48. The molecular formula is C12H14O. The summed E-state index contributed by atoms with van der Waals surface area (Å²) < 4.78 is 0. The molecule has 1 nitrogen and oxygen atoms in total. The van der Waals surface area contributed by atoms with Crippen LogP contribution < -0.4 is 5.43 Å². The SMILES string of the molecule is Cc1c(C2C[C@H]2C)ccccc1=O. The van der Waals surface area contributed by atoms with Gasteiger partial charge in [-0.3, -0.25) is 4.79 Å². The van der Waals surface area contributed by atoms with E-state index in [1.54, 1.807) is 6.07 Å². The zero-order valence-corrected chi connectivity index (χ0v) is 8.08. The van der Waals surface area contributed by atoms with Crippen molar-refractivity contribution in [3.05, 3.63) is 45.6 Å². The van der Waals surface area contributed by atoms with Crippen molar-refractivity contribution in [2.45, 2.75) is 26.2 Å². The molecule has 0 spiro atoms. The van der Waals surface area contributed by atoms with Crippen molar-refractivity contribution in [3.63, 3.8) is 0 Å². The van der Waals surface area contributed by atoms with E-state index in [0.29, 0.717) is 5.92 Å². The van der Waals surface area contributed by atoms with E-state index in [9.17, 15) is 4.79 Å². The molecule has 13 heavy (non-hydrogen) atoms. The molecule has 0 bridgehead atoms. The van der Waals surface area contributed by atoms with Gasteiger partial charge in [-0.2, -0.15) is 0 Å². The Bertz CT molecular complexity index is 381. The molecule has 0 heterocycles. The molecule has 1 saturated carbocycles. The smallest absolute Gasteiger partial charge is 0.181 e. The summed E-state index contributed by atoms with van der Waals surface area (Å²) in [6.07, 6.45) is 1.24.